The van der Waals surface area contributed by atoms with E-state index in [0.717, 1.165) is 26.9 Å². The van der Waals surface area contributed by atoms with Gasteiger partial charge in [-0.25, -0.2) is 0 Å². The van der Waals surface area contributed by atoms with Gasteiger partial charge in [0.1, 0.15) is 5.25 Å². The monoisotopic (exact) mass is 305 g/mol. The molecule has 3 aromatic carbocycles. The minimum absolute atomic E-state index is 0.0534. The van der Waals surface area contributed by atoms with Gasteiger partial charge in [0.25, 0.3) is 0 Å². The Morgan fingerprint density at radius 3 is 2.55 bits per heavy atom. The molecular formula is C19H15NOS. The average Bonchev–Trinajstić information content (AvgIpc) is 2.55. The van der Waals surface area contributed by atoms with E-state index in [4.69, 9.17) is 0 Å². The zero-order chi connectivity index (χ0) is 15.1. The fourth-order valence-corrected chi connectivity index (χ4v) is 3.95. The molecule has 3 aromatic rings. The molecule has 2 nitrogen and oxygen atoms in total. The lowest BCUT2D eigenvalue weighted by atomic mass is 10.1. The molecule has 0 radical (unpaired) electrons. The number of hydrogen-bond donors (Lipinski definition) is 1. The molecule has 0 fully saturated rings. The molecule has 1 N–H and O–H groups in total. The molecule has 1 unspecified atom stereocenters. The number of benzene rings is 3. The Morgan fingerprint density at radius 2 is 1.73 bits per heavy atom. The van der Waals surface area contributed by atoms with Crippen molar-refractivity contribution < 1.29 is 4.79 Å². The molecule has 0 saturated carbocycles. The molecular weight excluding hydrogens is 290 g/mol. The lowest BCUT2D eigenvalue weighted by molar-refractivity contribution is -0.115. The summed E-state index contributed by atoms with van der Waals surface area (Å²) >= 11 is 1.63. The molecule has 4 rings (SSSR count). The molecule has 0 aromatic heterocycles. The van der Waals surface area contributed by atoms with Crippen LogP contribution < -0.4 is 5.32 Å². The molecule has 1 aliphatic heterocycles. The highest BCUT2D eigenvalue weighted by atomic mass is 32.2. The number of anilines is 1. The van der Waals surface area contributed by atoms with Crippen LogP contribution in [0.2, 0.25) is 0 Å². The van der Waals surface area contributed by atoms with Crippen LogP contribution in [0.25, 0.3) is 10.8 Å². The van der Waals surface area contributed by atoms with E-state index in [2.05, 4.69) is 48.6 Å². The first-order valence-electron chi connectivity index (χ1n) is 7.28. The summed E-state index contributed by atoms with van der Waals surface area (Å²) in [5.74, 6) is 0.0534. The molecule has 3 heteroatoms. The number of thioether (sulfide) groups is 1. The summed E-state index contributed by atoms with van der Waals surface area (Å²) in [5.41, 5.74) is 3.19. The Kier molecular flexibility index (Phi) is 3.16. The highest BCUT2D eigenvalue weighted by molar-refractivity contribution is 8.00. The SMILES string of the molecule is Cc1ccc(C2Sc3ccc4ccccc4c3NC2=O)cc1. The maximum atomic E-state index is 12.6. The molecule has 22 heavy (non-hydrogen) atoms. The molecule has 1 aliphatic rings. The summed E-state index contributed by atoms with van der Waals surface area (Å²) in [6.07, 6.45) is 0. The average molecular weight is 305 g/mol. The summed E-state index contributed by atoms with van der Waals surface area (Å²) in [4.78, 5) is 13.7. The third-order valence-electron chi connectivity index (χ3n) is 4.00. The first-order valence-corrected chi connectivity index (χ1v) is 8.16. The van der Waals surface area contributed by atoms with Crippen molar-refractivity contribution in [2.75, 3.05) is 5.32 Å². The van der Waals surface area contributed by atoms with Gasteiger partial charge in [-0.2, -0.15) is 0 Å². The van der Waals surface area contributed by atoms with Crippen LogP contribution in [0.5, 0.6) is 0 Å². The van der Waals surface area contributed by atoms with Crippen LogP contribution in [0, 0.1) is 6.92 Å². The second-order valence-electron chi connectivity index (χ2n) is 5.56. The first kappa shape index (κ1) is 13.4. The molecule has 1 heterocycles. The fraction of sp³-hybridized carbons (Fsp3) is 0.105. The fourth-order valence-electron chi connectivity index (χ4n) is 2.81. The van der Waals surface area contributed by atoms with Gasteiger partial charge < -0.3 is 5.32 Å². The number of carbonyl (C=O) groups excluding carboxylic acids is 1. The van der Waals surface area contributed by atoms with E-state index < -0.39 is 0 Å². The number of rotatable bonds is 1. The van der Waals surface area contributed by atoms with E-state index in [9.17, 15) is 4.79 Å². The largest absolute Gasteiger partial charge is 0.323 e. The van der Waals surface area contributed by atoms with Crippen LogP contribution in [0.3, 0.4) is 0 Å². The molecule has 0 spiro atoms. The van der Waals surface area contributed by atoms with Gasteiger partial charge in [-0.15, -0.1) is 11.8 Å². The Labute approximate surface area is 133 Å². The van der Waals surface area contributed by atoms with Crippen LogP contribution >= 0.6 is 11.8 Å². The predicted octanol–water partition coefficient (Wildman–Crippen LogP) is 4.93. The van der Waals surface area contributed by atoms with Crippen molar-refractivity contribution in [3.8, 4) is 0 Å². The van der Waals surface area contributed by atoms with E-state index in [1.807, 2.05) is 24.3 Å². The molecule has 108 valence electrons. The van der Waals surface area contributed by atoms with Gasteiger partial charge in [0, 0.05) is 10.3 Å². The van der Waals surface area contributed by atoms with Gasteiger partial charge in [-0.05, 0) is 23.9 Å². The van der Waals surface area contributed by atoms with Crippen molar-refractivity contribution in [1.82, 2.24) is 0 Å². The minimum Gasteiger partial charge on any atom is -0.323 e. The Morgan fingerprint density at radius 1 is 0.955 bits per heavy atom. The van der Waals surface area contributed by atoms with Crippen LogP contribution in [0.4, 0.5) is 5.69 Å². The number of aryl methyl sites for hydroxylation is 1. The second-order valence-corrected chi connectivity index (χ2v) is 6.70. The van der Waals surface area contributed by atoms with Crippen LogP contribution in [-0.2, 0) is 4.79 Å². The topological polar surface area (TPSA) is 29.1 Å². The van der Waals surface area contributed by atoms with Gasteiger partial charge in [0.05, 0.1) is 5.69 Å². The van der Waals surface area contributed by atoms with Crippen LogP contribution in [0.15, 0.2) is 65.6 Å². The Hall–Kier alpha value is -2.26. The number of hydrogen-bond acceptors (Lipinski definition) is 2. The van der Waals surface area contributed by atoms with Crippen LogP contribution in [0.1, 0.15) is 16.4 Å². The normalized spacial score (nSPS) is 17.1. The van der Waals surface area contributed by atoms with E-state index >= 15 is 0 Å². The maximum Gasteiger partial charge on any atom is 0.242 e. The molecule has 1 amide bonds. The quantitative estimate of drug-likeness (QED) is 0.690. The third kappa shape index (κ3) is 2.18. The van der Waals surface area contributed by atoms with Gasteiger partial charge in [-0.3, -0.25) is 4.79 Å². The van der Waals surface area contributed by atoms with Crippen LogP contribution in [-0.4, -0.2) is 5.91 Å². The van der Waals surface area contributed by atoms with Crippen molar-refractivity contribution in [1.29, 1.82) is 0 Å². The van der Waals surface area contributed by atoms with Crippen molar-refractivity contribution in [2.24, 2.45) is 0 Å². The highest BCUT2D eigenvalue weighted by Gasteiger charge is 2.29. The van der Waals surface area contributed by atoms with E-state index in [-0.39, 0.29) is 11.2 Å². The van der Waals surface area contributed by atoms with Gasteiger partial charge in [0.2, 0.25) is 5.91 Å². The number of fused-ring (bicyclic) bond motifs is 3. The maximum absolute atomic E-state index is 12.6. The standard InChI is InChI=1S/C19H15NOS/c1-12-6-8-14(9-7-12)18-19(21)20-17-15-5-3-2-4-13(15)10-11-16(17)22-18/h2-11,18H,1H3,(H,20,21). The second kappa shape index (κ2) is 5.18. The Balaban J connectivity index is 1.79. The summed E-state index contributed by atoms with van der Waals surface area (Å²) in [6.45, 7) is 2.05. The Bertz CT molecular complexity index is 870. The zero-order valence-electron chi connectivity index (χ0n) is 12.2. The molecule has 1 atom stereocenters. The summed E-state index contributed by atoms with van der Waals surface area (Å²) in [7, 11) is 0. The van der Waals surface area contributed by atoms with E-state index in [1.54, 1.807) is 11.8 Å². The van der Waals surface area contributed by atoms with Crippen molar-refractivity contribution >= 4 is 34.1 Å². The zero-order valence-corrected chi connectivity index (χ0v) is 13.0. The smallest absolute Gasteiger partial charge is 0.242 e. The van der Waals surface area contributed by atoms with Crippen molar-refractivity contribution in [2.45, 2.75) is 17.1 Å². The summed E-state index contributed by atoms with van der Waals surface area (Å²) in [5, 5.41) is 5.17. The first-order chi connectivity index (χ1) is 10.7. The van der Waals surface area contributed by atoms with Gasteiger partial charge in [-0.1, -0.05) is 60.2 Å². The van der Waals surface area contributed by atoms with Gasteiger partial charge >= 0.3 is 0 Å². The lowest BCUT2D eigenvalue weighted by Crippen LogP contribution is -2.23. The minimum atomic E-state index is -0.186. The lowest BCUT2D eigenvalue weighted by Gasteiger charge is -2.25. The van der Waals surface area contributed by atoms with Crippen molar-refractivity contribution in [3.05, 3.63) is 71.8 Å². The number of nitrogens with one attached hydrogen (secondary N) is 1. The highest BCUT2D eigenvalue weighted by Crippen LogP contribution is 2.46. The summed E-state index contributed by atoms with van der Waals surface area (Å²) in [6, 6.07) is 20.6. The molecule has 0 saturated heterocycles. The van der Waals surface area contributed by atoms with Crippen molar-refractivity contribution in [3.63, 3.8) is 0 Å². The number of amides is 1. The van der Waals surface area contributed by atoms with Gasteiger partial charge in [0.15, 0.2) is 0 Å². The predicted molar refractivity (Wildman–Crippen MR) is 92.4 cm³/mol. The summed E-state index contributed by atoms with van der Waals surface area (Å²) < 4.78 is 0. The number of carbonyl (C=O) groups is 1. The molecule has 0 bridgehead atoms. The molecule has 0 aliphatic carbocycles. The van der Waals surface area contributed by atoms with E-state index in [0.29, 0.717) is 0 Å². The third-order valence-corrected chi connectivity index (χ3v) is 5.32. The van der Waals surface area contributed by atoms with E-state index in [1.165, 1.54) is 5.56 Å².